The standard InChI is InChI=1S/C15H19N3O2/c1-10(2)16-15(20)17-9-14(19)18(11-7-8-11)13-6-4-3-5-12(13)17/h3-6,10-11H,7-9H2,1-2H3,(H,16,20). The molecular weight excluding hydrogens is 254 g/mol. The van der Waals surface area contributed by atoms with Crippen LogP contribution in [0.2, 0.25) is 0 Å². The number of benzene rings is 1. The zero-order valence-corrected chi connectivity index (χ0v) is 11.8. The Labute approximate surface area is 118 Å². The highest BCUT2D eigenvalue weighted by atomic mass is 16.2. The maximum absolute atomic E-state index is 12.3. The number of para-hydroxylation sites is 2. The van der Waals surface area contributed by atoms with E-state index in [9.17, 15) is 9.59 Å². The minimum Gasteiger partial charge on any atom is -0.336 e. The Hall–Kier alpha value is -2.04. The predicted molar refractivity (Wildman–Crippen MR) is 78.0 cm³/mol. The Morgan fingerprint density at radius 2 is 1.90 bits per heavy atom. The van der Waals surface area contributed by atoms with Crippen LogP contribution in [0.25, 0.3) is 0 Å². The largest absolute Gasteiger partial charge is 0.336 e. The quantitative estimate of drug-likeness (QED) is 0.897. The summed E-state index contributed by atoms with van der Waals surface area (Å²) in [6.45, 7) is 3.93. The molecule has 5 heteroatoms. The molecule has 1 aromatic carbocycles. The van der Waals surface area contributed by atoms with Crippen LogP contribution in [0.3, 0.4) is 0 Å². The molecule has 0 spiro atoms. The van der Waals surface area contributed by atoms with E-state index in [4.69, 9.17) is 0 Å². The van der Waals surface area contributed by atoms with Crippen molar-refractivity contribution in [3.63, 3.8) is 0 Å². The number of hydrogen-bond donors (Lipinski definition) is 1. The van der Waals surface area contributed by atoms with E-state index >= 15 is 0 Å². The van der Waals surface area contributed by atoms with Gasteiger partial charge < -0.3 is 10.2 Å². The van der Waals surface area contributed by atoms with Gasteiger partial charge in [-0.1, -0.05) is 12.1 Å². The van der Waals surface area contributed by atoms with Gasteiger partial charge in [0, 0.05) is 12.1 Å². The average molecular weight is 273 g/mol. The molecule has 0 atom stereocenters. The second kappa shape index (κ2) is 4.81. The van der Waals surface area contributed by atoms with E-state index in [0.29, 0.717) is 6.04 Å². The van der Waals surface area contributed by atoms with E-state index in [0.717, 1.165) is 24.2 Å². The predicted octanol–water partition coefficient (Wildman–Crippen LogP) is 2.12. The second-order valence-corrected chi connectivity index (χ2v) is 5.67. The smallest absolute Gasteiger partial charge is 0.322 e. The molecule has 2 aliphatic rings. The molecule has 3 amide bonds. The molecule has 1 N–H and O–H groups in total. The molecule has 1 aliphatic heterocycles. The molecule has 0 saturated heterocycles. The fraction of sp³-hybridized carbons (Fsp3) is 0.467. The van der Waals surface area contributed by atoms with Crippen LogP contribution in [0.1, 0.15) is 26.7 Å². The van der Waals surface area contributed by atoms with Crippen molar-refractivity contribution in [3.05, 3.63) is 24.3 Å². The number of hydrogen-bond acceptors (Lipinski definition) is 2. The number of carbonyl (C=O) groups is 2. The Kier molecular flexibility index (Phi) is 3.12. The van der Waals surface area contributed by atoms with E-state index in [1.165, 1.54) is 4.90 Å². The highest BCUT2D eigenvalue weighted by molar-refractivity contribution is 6.11. The fourth-order valence-corrected chi connectivity index (χ4v) is 2.57. The summed E-state index contributed by atoms with van der Waals surface area (Å²) in [5.74, 6) is 0.00473. The van der Waals surface area contributed by atoms with Crippen molar-refractivity contribution in [2.45, 2.75) is 38.8 Å². The molecule has 0 radical (unpaired) electrons. The van der Waals surface area contributed by atoms with Crippen LogP contribution in [0.4, 0.5) is 16.2 Å². The minimum atomic E-state index is -0.212. The summed E-state index contributed by atoms with van der Waals surface area (Å²) in [6, 6.07) is 7.78. The monoisotopic (exact) mass is 273 g/mol. The Bertz CT molecular complexity index is 552. The Morgan fingerprint density at radius 3 is 2.50 bits per heavy atom. The number of anilines is 2. The number of amides is 3. The molecule has 5 nitrogen and oxygen atoms in total. The molecule has 0 bridgehead atoms. The number of carbonyl (C=O) groups excluding carboxylic acids is 2. The molecule has 1 heterocycles. The van der Waals surface area contributed by atoms with Crippen LogP contribution in [0.5, 0.6) is 0 Å². The first kappa shape index (κ1) is 13.0. The summed E-state index contributed by atoms with van der Waals surface area (Å²) < 4.78 is 0. The van der Waals surface area contributed by atoms with Crippen LogP contribution in [0.15, 0.2) is 24.3 Å². The van der Waals surface area contributed by atoms with Crippen molar-refractivity contribution in [1.29, 1.82) is 0 Å². The van der Waals surface area contributed by atoms with E-state index in [1.807, 2.05) is 43.0 Å². The third kappa shape index (κ3) is 2.24. The first-order valence-electron chi connectivity index (χ1n) is 7.07. The van der Waals surface area contributed by atoms with Gasteiger partial charge in [0.25, 0.3) is 0 Å². The van der Waals surface area contributed by atoms with Crippen molar-refractivity contribution in [2.24, 2.45) is 0 Å². The van der Waals surface area contributed by atoms with Gasteiger partial charge in [-0.15, -0.1) is 0 Å². The van der Waals surface area contributed by atoms with Crippen LogP contribution >= 0.6 is 0 Å². The summed E-state index contributed by atoms with van der Waals surface area (Å²) in [5, 5.41) is 2.85. The third-order valence-corrected chi connectivity index (χ3v) is 3.56. The molecule has 3 rings (SSSR count). The number of rotatable bonds is 2. The first-order chi connectivity index (χ1) is 9.58. The molecule has 0 aromatic heterocycles. The maximum Gasteiger partial charge on any atom is 0.322 e. The maximum atomic E-state index is 12.3. The third-order valence-electron chi connectivity index (χ3n) is 3.56. The lowest BCUT2D eigenvalue weighted by molar-refractivity contribution is -0.117. The van der Waals surface area contributed by atoms with Gasteiger partial charge in [-0.05, 0) is 38.8 Å². The molecule has 20 heavy (non-hydrogen) atoms. The second-order valence-electron chi connectivity index (χ2n) is 5.67. The molecular formula is C15H19N3O2. The van der Waals surface area contributed by atoms with Gasteiger partial charge >= 0.3 is 6.03 Å². The van der Waals surface area contributed by atoms with Crippen molar-refractivity contribution in [3.8, 4) is 0 Å². The van der Waals surface area contributed by atoms with Crippen LogP contribution < -0.4 is 15.1 Å². The van der Waals surface area contributed by atoms with Crippen molar-refractivity contribution >= 4 is 23.3 Å². The number of urea groups is 1. The molecule has 1 aliphatic carbocycles. The zero-order chi connectivity index (χ0) is 14.3. The van der Waals surface area contributed by atoms with Gasteiger partial charge in [0.05, 0.1) is 11.4 Å². The van der Waals surface area contributed by atoms with Crippen LogP contribution in [0, 0.1) is 0 Å². The topological polar surface area (TPSA) is 52.7 Å². The summed E-state index contributed by atoms with van der Waals surface area (Å²) in [7, 11) is 0. The van der Waals surface area contributed by atoms with E-state index in [1.54, 1.807) is 0 Å². The number of fused-ring (bicyclic) bond motifs is 1. The van der Waals surface area contributed by atoms with E-state index in [2.05, 4.69) is 5.32 Å². The van der Waals surface area contributed by atoms with Crippen molar-refractivity contribution in [1.82, 2.24) is 5.32 Å². The first-order valence-corrected chi connectivity index (χ1v) is 7.07. The lowest BCUT2D eigenvalue weighted by Crippen LogP contribution is -2.52. The van der Waals surface area contributed by atoms with Gasteiger partial charge in [0.15, 0.2) is 0 Å². The minimum absolute atomic E-state index is 0.00473. The molecule has 1 aromatic rings. The van der Waals surface area contributed by atoms with Crippen molar-refractivity contribution < 1.29 is 9.59 Å². The Morgan fingerprint density at radius 1 is 1.25 bits per heavy atom. The summed E-state index contributed by atoms with van der Waals surface area (Å²) in [5.41, 5.74) is 1.67. The lowest BCUT2D eigenvalue weighted by Gasteiger charge is -2.36. The normalized spacial score (nSPS) is 18.2. The highest BCUT2D eigenvalue weighted by Gasteiger charge is 2.40. The molecule has 106 valence electrons. The molecule has 1 saturated carbocycles. The average Bonchev–Trinajstić information content (AvgIpc) is 3.21. The number of nitrogens with zero attached hydrogens (tertiary/aromatic N) is 2. The summed E-state index contributed by atoms with van der Waals surface area (Å²) in [4.78, 5) is 28.0. The van der Waals surface area contributed by atoms with Gasteiger partial charge in [0.2, 0.25) is 5.91 Å². The van der Waals surface area contributed by atoms with Gasteiger partial charge in [0.1, 0.15) is 6.54 Å². The molecule has 1 fully saturated rings. The van der Waals surface area contributed by atoms with Gasteiger partial charge in [-0.2, -0.15) is 0 Å². The number of nitrogens with one attached hydrogen (secondary N) is 1. The van der Waals surface area contributed by atoms with Crippen molar-refractivity contribution in [2.75, 3.05) is 16.3 Å². The van der Waals surface area contributed by atoms with Crippen LogP contribution in [-0.4, -0.2) is 30.6 Å². The van der Waals surface area contributed by atoms with Gasteiger partial charge in [-0.3, -0.25) is 9.69 Å². The fourth-order valence-electron chi connectivity index (χ4n) is 2.57. The zero-order valence-electron chi connectivity index (χ0n) is 11.8. The van der Waals surface area contributed by atoms with Gasteiger partial charge in [-0.25, -0.2) is 4.79 Å². The summed E-state index contributed by atoms with van der Waals surface area (Å²) >= 11 is 0. The summed E-state index contributed by atoms with van der Waals surface area (Å²) in [6.07, 6.45) is 2.11. The van der Waals surface area contributed by atoms with E-state index in [-0.39, 0.29) is 24.5 Å². The molecule has 0 unspecified atom stereocenters. The lowest BCUT2D eigenvalue weighted by atomic mass is 10.1. The van der Waals surface area contributed by atoms with Crippen LogP contribution in [-0.2, 0) is 4.79 Å². The van der Waals surface area contributed by atoms with E-state index < -0.39 is 0 Å². The SMILES string of the molecule is CC(C)NC(=O)N1CC(=O)N(C2CC2)c2ccccc21. The highest BCUT2D eigenvalue weighted by Crippen LogP contribution is 2.40. The Balaban J connectivity index is 1.95.